The number of aromatic nitrogens is 2. The highest BCUT2D eigenvalue weighted by atomic mass is 32.2. The molecule has 0 aliphatic heterocycles. The second-order valence-electron chi connectivity index (χ2n) is 5.57. The highest BCUT2D eigenvalue weighted by Gasteiger charge is 2.11. The molecule has 134 valence electrons. The van der Waals surface area contributed by atoms with Crippen LogP contribution in [0.4, 0.5) is 5.69 Å². The van der Waals surface area contributed by atoms with Gasteiger partial charge in [-0.1, -0.05) is 42.1 Å². The van der Waals surface area contributed by atoms with Gasteiger partial charge in [0.05, 0.1) is 11.4 Å². The van der Waals surface area contributed by atoms with Gasteiger partial charge < -0.3 is 10.1 Å². The highest BCUT2D eigenvalue weighted by molar-refractivity contribution is 8.00. The van der Waals surface area contributed by atoms with Gasteiger partial charge in [0.25, 0.3) is 0 Å². The van der Waals surface area contributed by atoms with Gasteiger partial charge in [-0.3, -0.25) is 4.79 Å². The van der Waals surface area contributed by atoms with Gasteiger partial charge >= 0.3 is 0 Å². The number of ether oxygens (including phenoxy) is 1. The summed E-state index contributed by atoms with van der Waals surface area (Å²) in [6.07, 6.45) is 1.53. The van der Waals surface area contributed by atoms with Crippen LogP contribution in [0.25, 0.3) is 10.2 Å². The molecule has 2 heterocycles. The Kier molecular flexibility index (Phi) is 5.32. The van der Waals surface area contributed by atoms with E-state index in [4.69, 9.17) is 4.74 Å². The summed E-state index contributed by atoms with van der Waals surface area (Å²) in [6.45, 7) is 0. The number of nitrogens with one attached hydrogen (secondary N) is 1. The summed E-state index contributed by atoms with van der Waals surface area (Å²) in [7, 11) is 0. The number of thioether (sulfide) groups is 1. The lowest BCUT2D eigenvalue weighted by Gasteiger charge is -2.12. The van der Waals surface area contributed by atoms with Crippen LogP contribution in [-0.2, 0) is 4.79 Å². The number of nitrogens with zero attached hydrogens (tertiary/aromatic N) is 2. The van der Waals surface area contributed by atoms with Crippen LogP contribution in [0.5, 0.6) is 11.5 Å². The number of carbonyl (C=O) groups excluding carboxylic acids is 1. The molecule has 27 heavy (non-hydrogen) atoms. The van der Waals surface area contributed by atoms with E-state index < -0.39 is 0 Å². The van der Waals surface area contributed by atoms with Crippen LogP contribution in [0.15, 0.2) is 77.4 Å². The molecule has 0 radical (unpaired) electrons. The van der Waals surface area contributed by atoms with Crippen molar-refractivity contribution < 1.29 is 9.53 Å². The van der Waals surface area contributed by atoms with E-state index in [0.29, 0.717) is 11.4 Å². The van der Waals surface area contributed by atoms with E-state index in [1.165, 1.54) is 18.1 Å². The maximum atomic E-state index is 12.4. The minimum absolute atomic E-state index is 0.119. The lowest BCUT2D eigenvalue weighted by Crippen LogP contribution is -2.14. The number of fused-ring (bicyclic) bond motifs is 1. The largest absolute Gasteiger partial charge is 0.455 e. The summed E-state index contributed by atoms with van der Waals surface area (Å²) < 4.78 is 5.88. The van der Waals surface area contributed by atoms with E-state index in [9.17, 15) is 4.79 Å². The van der Waals surface area contributed by atoms with Crippen LogP contribution in [0.2, 0.25) is 0 Å². The molecule has 0 saturated heterocycles. The molecular weight excluding hydrogens is 378 g/mol. The topological polar surface area (TPSA) is 64.1 Å². The summed E-state index contributed by atoms with van der Waals surface area (Å²) in [5.74, 6) is 1.45. The summed E-state index contributed by atoms with van der Waals surface area (Å²) in [5.41, 5.74) is 0.635. The molecule has 0 unspecified atom stereocenters. The number of hydrogen-bond acceptors (Lipinski definition) is 6. The monoisotopic (exact) mass is 393 g/mol. The Morgan fingerprint density at radius 3 is 2.74 bits per heavy atom. The van der Waals surface area contributed by atoms with Gasteiger partial charge in [0.1, 0.15) is 21.9 Å². The van der Waals surface area contributed by atoms with E-state index in [2.05, 4.69) is 15.3 Å². The Bertz CT molecular complexity index is 1070. The van der Waals surface area contributed by atoms with Gasteiger partial charge in [-0.25, -0.2) is 9.97 Å². The Morgan fingerprint density at radius 2 is 1.85 bits per heavy atom. The summed E-state index contributed by atoms with van der Waals surface area (Å²) in [5, 5.41) is 6.68. The summed E-state index contributed by atoms with van der Waals surface area (Å²) in [6, 6.07) is 18.8. The SMILES string of the molecule is O=C(CSc1ncnc2sccc12)Nc1ccccc1Oc1ccccc1. The van der Waals surface area contributed by atoms with E-state index in [1.807, 2.05) is 66.0 Å². The van der Waals surface area contributed by atoms with Crippen molar-refractivity contribution in [2.24, 2.45) is 0 Å². The molecule has 0 bridgehead atoms. The van der Waals surface area contributed by atoms with Crippen molar-refractivity contribution >= 4 is 44.9 Å². The van der Waals surface area contributed by atoms with E-state index >= 15 is 0 Å². The molecular formula is C20H15N3O2S2. The van der Waals surface area contributed by atoms with Crippen molar-refractivity contribution in [2.45, 2.75) is 5.03 Å². The number of rotatable bonds is 6. The van der Waals surface area contributed by atoms with Gasteiger partial charge in [0.2, 0.25) is 5.91 Å². The fraction of sp³-hybridized carbons (Fsp3) is 0.0500. The summed E-state index contributed by atoms with van der Waals surface area (Å²) in [4.78, 5) is 21.9. The van der Waals surface area contributed by atoms with E-state index in [-0.39, 0.29) is 11.7 Å². The Balaban J connectivity index is 1.43. The molecule has 4 rings (SSSR count). The molecule has 2 aromatic carbocycles. The lowest BCUT2D eigenvalue weighted by molar-refractivity contribution is -0.113. The van der Waals surface area contributed by atoms with Crippen molar-refractivity contribution in [3.8, 4) is 11.5 Å². The standard InChI is InChI=1S/C20H15N3O2S2/c24-18(12-27-20-15-10-11-26-19(15)21-13-22-20)23-16-8-4-5-9-17(16)25-14-6-2-1-3-7-14/h1-11,13H,12H2,(H,23,24). The first-order valence-electron chi connectivity index (χ1n) is 8.22. The molecule has 0 saturated carbocycles. The molecule has 1 amide bonds. The van der Waals surface area contributed by atoms with Crippen molar-refractivity contribution in [2.75, 3.05) is 11.1 Å². The maximum Gasteiger partial charge on any atom is 0.234 e. The number of carbonyl (C=O) groups is 1. The average Bonchev–Trinajstić information content (AvgIpc) is 3.18. The van der Waals surface area contributed by atoms with Crippen LogP contribution in [0, 0.1) is 0 Å². The third kappa shape index (κ3) is 4.27. The predicted octanol–water partition coefficient (Wildman–Crippen LogP) is 5.21. The quantitative estimate of drug-likeness (QED) is 0.360. The zero-order valence-corrected chi connectivity index (χ0v) is 15.8. The third-order valence-electron chi connectivity index (χ3n) is 3.70. The lowest BCUT2D eigenvalue weighted by atomic mass is 10.3. The van der Waals surface area contributed by atoms with Crippen LogP contribution >= 0.6 is 23.1 Å². The number of anilines is 1. The average molecular weight is 393 g/mol. The Hall–Kier alpha value is -2.90. The number of hydrogen-bond donors (Lipinski definition) is 1. The molecule has 5 nitrogen and oxygen atoms in total. The minimum atomic E-state index is -0.119. The maximum absolute atomic E-state index is 12.4. The number of para-hydroxylation sites is 3. The first-order valence-corrected chi connectivity index (χ1v) is 10.1. The van der Waals surface area contributed by atoms with Crippen LogP contribution < -0.4 is 10.1 Å². The molecule has 7 heteroatoms. The smallest absolute Gasteiger partial charge is 0.234 e. The molecule has 0 atom stereocenters. The zero-order chi connectivity index (χ0) is 18.5. The third-order valence-corrected chi connectivity index (χ3v) is 5.52. The van der Waals surface area contributed by atoms with Crippen LogP contribution in [0.1, 0.15) is 0 Å². The first kappa shape index (κ1) is 17.5. The highest BCUT2D eigenvalue weighted by Crippen LogP contribution is 2.30. The minimum Gasteiger partial charge on any atom is -0.455 e. The van der Waals surface area contributed by atoms with Gasteiger partial charge in [-0.2, -0.15) is 0 Å². The number of amides is 1. The van der Waals surface area contributed by atoms with Crippen molar-refractivity contribution in [1.29, 1.82) is 0 Å². The fourth-order valence-electron chi connectivity index (χ4n) is 2.48. The van der Waals surface area contributed by atoms with Gasteiger partial charge in [0.15, 0.2) is 5.75 Å². The van der Waals surface area contributed by atoms with Crippen molar-refractivity contribution in [3.05, 3.63) is 72.4 Å². The van der Waals surface area contributed by atoms with Crippen LogP contribution in [-0.4, -0.2) is 21.6 Å². The second kappa shape index (κ2) is 8.20. The van der Waals surface area contributed by atoms with E-state index in [1.54, 1.807) is 11.3 Å². The number of benzene rings is 2. The Morgan fingerprint density at radius 1 is 1.04 bits per heavy atom. The summed E-state index contributed by atoms with van der Waals surface area (Å²) >= 11 is 2.95. The fourth-order valence-corrected chi connectivity index (χ4v) is 4.06. The van der Waals surface area contributed by atoms with Crippen molar-refractivity contribution in [1.82, 2.24) is 9.97 Å². The molecule has 0 aliphatic carbocycles. The molecule has 0 spiro atoms. The van der Waals surface area contributed by atoms with E-state index in [0.717, 1.165) is 21.0 Å². The molecule has 0 aliphatic rings. The Labute approximate surface area is 164 Å². The number of thiophene rings is 1. The second-order valence-corrected chi connectivity index (χ2v) is 7.42. The zero-order valence-electron chi connectivity index (χ0n) is 14.2. The van der Waals surface area contributed by atoms with Gasteiger partial charge in [-0.05, 0) is 35.7 Å². The van der Waals surface area contributed by atoms with Crippen LogP contribution in [0.3, 0.4) is 0 Å². The van der Waals surface area contributed by atoms with Gasteiger partial charge in [0, 0.05) is 5.39 Å². The molecule has 0 fully saturated rings. The first-order chi connectivity index (χ1) is 13.3. The predicted molar refractivity (Wildman–Crippen MR) is 110 cm³/mol. The molecule has 2 aromatic heterocycles. The van der Waals surface area contributed by atoms with Crippen molar-refractivity contribution in [3.63, 3.8) is 0 Å². The molecule has 4 aromatic rings. The normalized spacial score (nSPS) is 10.7. The molecule has 1 N–H and O–H groups in total. The van der Waals surface area contributed by atoms with Gasteiger partial charge in [-0.15, -0.1) is 11.3 Å².